The maximum absolute atomic E-state index is 6.32. The van der Waals surface area contributed by atoms with Crippen molar-refractivity contribution in [3.05, 3.63) is 12.2 Å². The summed E-state index contributed by atoms with van der Waals surface area (Å²) in [5.41, 5.74) is 1.61. The molecule has 0 amide bonds. The lowest BCUT2D eigenvalue weighted by Gasteiger charge is -2.36. The predicted octanol–water partition coefficient (Wildman–Crippen LogP) is 4.03. The quantitative estimate of drug-likeness (QED) is 0.508. The zero-order chi connectivity index (χ0) is 13.0. The van der Waals surface area contributed by atoms with Crippen LogP contribution in [0.25, 0.3) is 0 Å². The maximum atomic E-state index is 6.32. The molecule has 0 aliphatic carbocycles. The summed E-state index contributed by atoms with van der Waals surface area (Å²) in [6.07, 6.45) is 0. The van der Waals surface area contributed by atoms with Gasteiger partial charge in [0.15, 0.2) is 16.6 Å². The minimum Gasteiger partial charge on any atom is -0.455 e. The SMILES string of the molecule is C=C(C)COCC(C)[Si](C)(C)O[Si](C)(C)C. The molecule has 0 saturated heterocycles. The van der Waals surface area contributed by atoms with Gasteiger partial charge < -0.3 is 8.85 Å². The van der Waals surface area contributed by atoms with Crippen molar-refractivity contribution < 1.29 is 8.85 Å². The molecular formula is C12H28O2Si2. The highest BCUT2D eigenvalue weighted by molar-refractivity contribution is 6.84. The molecule has 16 heavy (non-hydrogen) atoms. The van der Waals surface area contributed by atoms with Gasteiger partial charge >= 0.3 is 0 Å². The van der Waals surface area contributed by atoms with Crippen LogP contribution in [0.2, 0.25) is 38.3 Å². The average Bonchev–Trinajstić information content (AvgIpc) is 1.98. The van der Waals surface area contributed by atoms with Crippen molar-refractivity contribution in [3.8, 4) is 0 Å². The molecule has 0 fully saturated rings. The molecule has 1 atom stereocenters. The van der Waals surface area contributed by atoms with Crippen LogP contribution in [0.15, 0.2) is 12.2 Å². The van der Waals surface area contributed by atoms with E-state index in [1.54, 1.807) is 0 Å². The summed E-state index contributed by atoms with van der Waals surface area (Å²) in [4.78, 5) is 0. The standard InChI is InChI=1S/C12H28O2Si2/c1-11(2)9-13-10-12(3)16(7,8)14-15(4,5)6/h12H,1,9-10H2,2-8H3. The third-order valence-electron chi connectivity index (χ3n) is 2.47. The Balaban J connectivity index is 4.14. The highest BCUT2D eigenvalue weighted by Gasteiger charge is 2.34. The monoisotopic (exact) mass is 260 g/mol. The smallest absolute Gasteiger partial charge is 0.178 e. The minimum absolute atomic E-state index is 0.526. The normalized spacial score (nSPS) is 14.9. The van der Waals surface area contributed by atoms with E-state index in [1.807, 2.05) is 6.92 Å². The molecular weight excluding hydrogens is 232 g/mol. The van der Waals surface area contributed by atoms with Gasteiger partial charge in [-0.15, -0.1) is 0 Å². The Morgan fingerprint density at radius 3 is 2.06 bits per heavy atom. The Labute approximate surface area is 103 Å². The van der Waals surface area contributed by atoms with Crippen LogP contribution in [0.1, 0.15) is 13.8 Å². The van der Waals surface area contributed by atoms with Gasteiger partial charge in [-0.2, -0.15) is 0 Å². The topological polar surface area (TPSA) is 18.5 Å². The lowest BCUT2D eigenvalue weighted by atomic mass is 10.4. The van der Waals surface area contributed by atoms with Crippen LogP contribution in [-0.4, -0.2) is 29.8 Å². The molecule has 0 saturated carbocycles. The molecule has 2 nitrogen and oxygen atoms in total. The zero-order valence-corrected chi connectivity index (χ0v) is 14.0. The summed E-state index contributed by atoms with van der Waals surface area (Å²) < 4.78 is 11.9. The Kier molecular flexibility index (Phi) is 6.18. The Bertz CT molecular complexity index is 232. The third-order valence-corrected chi connectivity index (χ3v) is 9.57. The molecule has 0 bridgehead atoms. The second kappa shape index (κ2) is 6.14. The summed E-state index contributed by atoms with van der Waals surface area (Å²) in [6, 6.07) is 0. The van der Waals surface area contributed by atoms with E-state index in [1.165, 1.54) is 0 Å². The van der Waals surface area contributed by atoms with E-state index in [0.29, 0.717) is 12.1 Å². The zero-order valence-electron chi connectivity index (χ0n) is 12.0. The van der Waals surface area contributed by atoms with Crippen molar-refractivity contribution in [2.75, 3.05) is 13.2 Å². The largest absolute Gasteiger partial charge is 0.455 e. The fourth-order valence-corrected chi connectivity index (χ4v) is 9.14. The first-order valence-electron chi connectivity index (χ1n) is 5.97. The first-order valence-corrected chi connectivity index (χ1v) is 12.4. The molecule has 0 aromatic heterocycles. The average molecular weight is 261 g/mol. The first kappa shape index (κ1) is 16.1. The van der Waals surface area contributed by atoms with E-state index >= 15 is 0 Å². The van der Waals surface area contributed by atoms with Crippen LogP contribution < -0.4 is 0 Å². The molecule has 0 aliphatic rings. The van der Waals surface area contributed by atoms with Gasteiger partial charge in [-0.05, 0) is 45.2 Å². The van der Waals surface area contributed by atoms with Crippen molar-refractivity contribution in [2.45, 2.75) is 52.1 Å². The van der Waals surface area contributed by atoms with E-state index in [4.69, 9.17) is 8.85 Å². The molecule has 0 spiro atoms. The molecule has 1 unspecified atom stereocenters. The fraction of sp³-hybridized carbons (Fsp3) is 0.833. The summed E-state index contributed by atoms with van der Waals surface area (Å²) >= 11 is 0. The highest BCUT2D eigenvalue weighted by atomic mass is 28.4. The van der Waals surface area contributed by atoms with E-state index < -0.39 is 16.6 Å². The van der Waals surface area contributed by atoms with E-state index in [0.717, 1.165) is 12.2 Å². The number of hydrogen-bond donors (Lipinski definition) is 0. The highest BCUT2D eigenvalue weighted by Crippen LogP contribution is 2.26. The van der Waals surface area contributed by atoms with Crippen LogP contribution in [0.4, 0.5) is 0 Å². The molecule has 0 aromatic carbocycles. The molecule has 0 heterocycles. The summed E-state index contributed by atoms with van der Waals surface area (Å²) in [5.74, 6) is 0. The summed E-state index contributed by atoms with van der Waals surface area (Å²) in [6.45, 7) is 20.9. The van der Waals surface area contributed by atoms with Gasteiger partial charge in [0.05, 0.1) is 6.61 Å². The van der Waals surface area contributed by atoms with Gasteiger partial charge in [0.25, 0.3) is 0 Å². The van der Waals surface area contributed by atoms with Crippen LogP contribution >= 0.6 is 0 Å². The fourth-order valence-electron chi connectivity index (χ4n) is 1.50. The van der Waals surface area contributed by atoms with Crippen molar-refractivity contribution in [1.29, 1.82) is 0 Å². The van der Waals surface area contributed by atoms with E-state index in [9.17, 15) is 0 Å². The lowest BCUT2D eigenvalue weighted by Crippen LogP contribution is -2.46. The third kappa shape index (κ3) is 7.38. The molecule has 4 heteroatoms. The van der Waals surface area contributed by atoms with Crippen molar-refractivity contribution in [3.63, 3.8) is 0 Å². The van der Waals surface area contributed by atoms with Gasteiger partial charge in [0.2, 0.25) is 0 Å². The molecule has 0 radical (unpaired) electrons. The van der Waals surface area contributed by atoms with Crippen molar-refractivity contribution in [1.82, 2.24) is 0 Å². The molecule has 0 rings (SSSR count). The predicted molar refractivity (Wildman–Crippen MR) is 77.0 cm³/mol. The van der Waals surface area contributed by atoms with E-state index in [-0.39, 0.29) is 0 Å². The number of hydrogen-bond acceptors (Lipinski definition) is 2. The van der Waals surface area contributed by atoms with Gasteiger partial charge in [-0.3, -0.25) is 0 Å². The van der Waals surface area contributed by atoms with Crippen molar-refractivity contribution >= 4 is 16.6 Å². The summed E-state index contributed by atoms with van der Waals surface area (Å²) in [7, 11) is -3.03. The second-order valence-corrected chi connectivity index (χ2v) is 15.4. The molecule has 0 aromatic rings. The lowest BCUT2D eigenvalue weighted by molar-refractivity contribution is 0.152. The van der Waals surface area contributed by atoms with Gasteiger partial charge in [-0.1, -0.05) is 19.1 Å². The molecule has 0 N–H and O–H groups in total. The van der Waals surface area contributed by atoms with E-state index in [2.05, 4.69) is 46.2 Å². The number of ether oxygens (including phenoxy) is 1. The number of rotatable bonds is 7. The van der Waals surface area contributed by atoms with Crippen LogP contribution in [-0.2, 0) is 8.85 Å². The Morgan fingerprint density at radius 2 is 1.69 bits per heavy atom. The Morgan fingerprint density at radius 1 is 1.19 bits per heavy atom. The first-order chi connectivity index (χ1) is 7.04. The van der Waals surface area contributed by atoms with Crippen LogP contribution in [0.3, 0.4) is 0 Å². The van der Waals surface area contributed by atoms with Crippen molar-refractivity contribution in [2.24, 2.45) is 0 Å². The molecule has 96 valence electrons. The van der Waals surface area contributed by atoms with Gasteiger partial charge in [0, 0.05) is 6.61 Å². The summed E-state index contributed by atoms with van der Waals surface area (Å²) in [5, 5.41) is 0. The molecule has 0 aliphatic heterocycles. The van der Waals surface area contributed by atoms with Gasteiger partial charge in [0.1, 0.15) is 0 Å². The maximum Gasteiger partial charge on any atom is 0.178 e. The van der Waals surface area contributed by atoms with Crippen LogP contribution in [0, 0.1) is 0 Å². The Hall–Kier alpha value is 0.0938. The van der Waals surface area contributed by atoms with Gasteiger partial charge in [-0.25, -0.2) is 0 Å². The van der Waals surface area contributed by atoms with Crippen LogP contribution in [0.5, 0.6) is 0 Å². The minimum atomic E-state index is -1.61. The second-order valence-electron chi connectivity index (χ2n) is 6.19.